The van der Waals surface area contributed by atoms with Crippen molar-refractivity contribution in [3.8, 4) is 0 Å². The second-order valence-corrected chi connectivity index (χ2v) is 7.03. The van der Waals surface area contributed by atoms with E-state index in [0.717, 1.165) is 17.1 Å². The molecule has 0 saturated heterocycles. The van der Waals surface area contributed by atoms with Crippen LogP contribution in [0, 0.1) is 12.8 Å². The summed E-state index contributed by atoms with van der Waals surface area (Å²) in [5.41, 5.74) is 3.36. The lowest BCUT2D eigenvalue weighted by atomic mass is 9.95. The maximum Gasteiger partial charge on any atom is 0.155 e. The Labute approximate surface area is 138 Å². The van der Waals surface area contributed by atoms with Gasteiger partial charge < -0.3 is 4.90 Å². The minimum Gasteiger partial charge on any atom is -0.351 e. The Hall–Kier alpha value is -2.16. The molecule has 0 saturated carbocycles. The van der Waals surface area contributed by atoms with E-state index >= 15 is 0 Å². The van der Waals surface area contributed by atoms with Crippen LogP contribution in [0.4, 0.5) is 0 Å². The number of nitrogens with zero attached hydrogens (tertiary/aromatic N) is 3. The van der Waals surface area contributed by atoms with Gasteiger partial charge in [-0.1, -0.05) is 38.1 Å². The fraction of sp³-hybridized carbons (Fsp3) is 0.400. The van der Waals surface area contributed by atoms with Crippen LogP contribution in [0.2, 0.25) is 0 Å². The van der Waals surface area contributed by atoms with E-state index in [9.17, 15) is 0 Å². The molecule has 1 unspecified atom stereocenters. The number of benzene rings is 1. The molecule has 3 heteroatoms. The summed E-state index contributed by atoms with van der Waals surface area (Å²) in [6.07, 6.45) is 5.12. The Balaban J connectivity index is 2.16. The van der Waals surface area contributed by atoms with Crippen molar-refractivity contribution in [2.75, 3.05) is 7.05 Å². The minimum atomic E-state index is -0.392. The van der Waals surface area contributed by atoms with Crippen LogP contribution >= 0.6 is 0 Å². The molecule has 2 heterocycles. The zero-order valence-electron chi connectivity index (χ0n) is 14.7. The highest BCUT2D eigenvalue weighted by Crippen LogP contribution is 2.31. The van der Waals surface area contributed by atoms with Crippen molar-refractivity contribution in [3.05, 3.63) is 63.9 Å². The van der Waals surface area contributed by atoms with Crippen LogP contribution in [-0.2, 0) is 12.1 Å². The minimum absolute atomic E-state index is 0.392. The van der Waals surface area contributed by atoms with E-state index in [1.807, 2.05) is 6.20 Å². The second-order valence-electron chi connectivity index (χ2n) is 7.03. The van der Waals surface area contributed by atoms with Crippen molar-refractivity contribution in [1.29, 1.82) is 0 Å². The third-order valence-electron chi connectivity index (χ3n) is 4.59. The zero-order valence-corrected chi connectivity index (χ0v) is 14.7. The number of pyridine rings is 1. The van der Waals surface area contributed by atoms with E-state index in [4.69, 9.17) is 4.99 Å². The second kappa shape index (κ2) is 5.80. The summed E-state index contributed by atoms with van der Waals surface area (Å²) in [5.74, 6) is 0.618. The summed E-state index contributed by atoms with van der Waals surface area (Å²) in [7, 11) is 2.07. The lowest BCUT2D eigenvalue weighted by Crippen LogP contribution is -2.47. The van der Waals surface area contributed by atoms with Gasteiger partial charge >= 0.3 is 0 Å². The van der Waals surface area contributed by atoms with Crippen LogP contribution in [0.15, 0.2) is 41.5 Å². The first-order valence-corrected chi connectivity index (χ1v) is 8.26. The Morgan fingerprint density at radius 1 is 1.22 bits per heavy atom. The van der Waals surface area contributed by atoms with E-state index in [1.54, 1.807) is 0 Å². The average molecular weight is 307 g/mol. The fourth-order valence-electron chi connectivity index (χ4n) is 3.25. The Bertz CT molecular complexity index is 838. The first kappa shape index (κ1) is 15.7. The Morgan fingerprint density at radius 3 is 2.65 bits per heavy atom. The van der Waals surface area contributed by atoms with E-state index in [-0.39, 0.29) is 0 Å². The quantitative estimate of drug-likeness (QED) is 0.872. The highest BCUT2D eigenvalue weighted by atomic mass is 15.3. The van der Waals surface area contributed by atoms with Crippen LogP contribution in [-0.4, -0.2) is 16.9 Å². The molecule has 0 bridgehead atoms. The van der Waals surface area contributed by atoms with Gasteiger partial charge in [0.25, 0.3) is 0 Å². The van der Waals surface area contributed by atoms with Crippen molar-refractivity contribution < 1.29 is 0 Å². The lowest BCUT2D eigenvalue weighted by molar-refractivity contribution is 0.224. The van der Waals surface area contributed by atoms with E-state index in [2.05, 4.69) is 81.2 Å². The van der Waals surface area contributed by atoms with Crippen LogP contribution in [0.25, 0.3) is 6.20 Å². The normalized spacial score (nSPS) is 20.0. The standard InChI is InChI=1S/C20H25N3/c1-14(2)10-16-11-18-19(21-12-16)13-23(5)20(4,22-18)17-9-7-6-8-15(17)3/h6-9,11-14H,10H2,1-5H3. The van der Waals surface area contributed by atoms with Crippen molar-refractivity contribution in [3.63, 3.8) is 0 Å². The summed E-state index contributed by atoms with van der Waals surface area (Å²) >= 11 is 0. The molecule has 0 amide bonds. The fourth-order valence-corrected chi connectivity index (χ4v) is 3.25. The van der Waals surface area contributed by atoms with Crippen molar-refractivity contribution >= 4 is 6.20 Å². The summed E-state index contributed by atoms with van der Waals surface area (Å²) in [5, 5.41) is 1.94. The monoisotopic (exact) mass is 307 g/mol. The van der Waals surface area contributed by atoms with E-state index < -0.39 is 5.66 Å². The first-order valence-electron chi connectivity index (χ1n) is 8.26. The van der Waals surface area contributed by atoms with E-state index in [1.165, 1.54) is 16.7 Å². The molecule has 0 aliphatic carbocycles. The van der Waals surface area contributed by atoms with Crippen LogP contribution in [0.3, 0.4) is 0 Å². The first-order chi connectivity index (χ1) is 10.9. The predicted molar refractivity (Wildman–Crippen MR) is 94.3 cm³/mol. The molecule has 0 radical (unpaired) electrons. The van der Waals surface area contributed by atoms with Crippen LogP contribution in [0.5, 0.6) is 0 Å². The third kappa shape index (κ3) is 2.88. The molecule has 1 aromatic carbocycles. The molecule has 1 aliphatic rings. The van der Waals surface area contributed by atoms with Gasteiger partial charge in [0.1, 0.15) is 5.35 Å². The number of hydrogen-bond donors (Lipinski definition) is 0. The topological polar surface area (TPSA) is 28.5 Å². The highest BCUT2D eigenvalue weighted by molar-refractivity contribution is 5.37. The van der Waals surface area contributed by atoms with Gasteiger partial charge in [0, 0.05) is 25.0 Å². The van der Waals surface area contributed by atoms with Crippen molar-refractivity contribution in [2.24, 2.45) is 10.9 Å². The summed E-state index contributed by atoms with van der Waals surface area (Å²) in [4.78, 5) is 11.9. The molecule has 23 heavy (non-hydrogen) atoms. The van der Waals surface area contributed by atoms with Gasteiger partial charge in [-0.05, 0) is 43.4 Å². The molecule has 0 N–H and O–H groups in total. The lowest BCUT2D eigenvalue weighted by Gasteiger charge is -2.37. The maximum absolute atomic E-state index is 5.09. The van der Waals surface area contributed by atoms with Gasteiger partial charge in [-0.25, -0.2) is 0 Å². The summed E-state index contributed by atoms with van der Waals surface area (Å²) < 4.78 is 0. The van der Waals surface area contributed by atoms with Gasteiger partial charge in [0.15, 0.2) is 5.66 Å². The maximum atomic E-state index is 5.09. The molecule has 2 aromatic rings. The molecule has 3 nitrogen and oxygen atoms in total. The molecular weight excluding hydrogens is 282 g/mol. The molecule has 1 aliphatic heterocycles. The Morgan fingerprint density at radius 2 is 1.96 bits per heavy atom. The van der Waals surface area contributed by atoms with Gasteiger partial charge in [0.05, 0.1) is 5.36 Å². The van der Waals surface area contributed by atoms with Gasteiger partial charge in [0.2, 0.25) is 0 Å². The highest BCUT2D eigenvalue weighted by Gasteiger charge is 2.32. The van der Waals surface area contributed by atoms with Crippen LogP contribution in [0.1, 0.15) is 37.5 Å². The number of fused-ring (bicyclic) bond motifs is 1. The average Bonchev–Trinajstić information content (AvgIpc) is 2.48. The zero-order chi connectivity index (χ0) is 16.6. The van der Waals surface area contributed by atoms with Crippen molar-refractivity contribution in [2.45, 2.75) is 39.8 Å². The molecule has 1 aromatic heterocycles. The molecule has 3 rings (SSSR count). The van der Waals surface area contributed by atoms with Gasteiger partial charge in [-0.15, -0.1) is 0 Å². The molecule has 1 atom stereocenters. The SMILES string of the molecule is Cc1ccccc1C1(C)N=c2cc(CC(C)C)cnc2=CN1C. The largest absolute Gasteiger partial charge is 0.351 e. The number of hydrogen-bond acceptors (Lipinski definition) is 3. The molecular formula is C20H25N3. The van der Waals surface area contributed by atoms with Crippen molar-refractivity contribution in [1.82, 2.24) is 9.88 Å². The number of aryl methyl sites for hydroxylation is 1. The third-order valence-corrected chi connectivity index (χ3v) is 4.59. The molecule has 0 spiro atoms. The Kier molecular flexibility index (Phi) is 3.97. The predicted octanol–water partition coefficient (Wildman–Crippen LogP) is 2.76. The molecule has 120 valence electrons. The van der Waals surface area contributed by atoms with Crippen LogP contribution < -0.4 is 10.7 Å². The van der Waals surface area contributed by atoms with Gasteiger partial charge in [-0.2, -0.15) is 0 Å². The van der Waals surface area contributed by atoms with E-state index in [0.29, 0.717) is 5.92 Å². The number of rotatable bonds is 3. The number of aromatic nitrogens is 1. The van der Waals surface area contributed by atoms with Gasteiger partial charge in [-0.3, -0.25) is 9.98 Å². The summed E-state index contributed by atoms with van der Waals surface area (Å²) in [6.45, 7) is 8.78. The summed E-state index contributed by atoms with van der Waals surface area (Å²) in [6, 6.07) is 10.7. The molecule has 0 fully saturated rings. The smallest absolute Gasteiger partial charge is 0.155 e.